The van der Waals surface area contributed by atoms with E-state index in [4.69, 9.17) is 0 Å². The Kier molecular flexibility index (Phi) is 6.81. The van der Waals surface area contributed by atoms with Crippen LogP contribution in [-0.2, 0) is 10.0 Å². The van der Waals surface area contributed by atoms with Gasteiger partial charge >= 0.3 is 6.03 Å². The van der Waals surface area contributed by atoms with Crippen LogP contribution in [0, 0.1) is 11.3 Å². The first-order valence-corrected chi connectivity index (χ1v) is 15.1. The lowest BCUT2D eigenvalue weighted by atomic mass is 10.2. The number of halogens is 2. The van der Waals surface area contributed by atoms with Crippen molar-refractivity contribution in [1.29, 1.82) is 5.26 Å². The molecule has 2 amide bonds. The van der Waals surface area contributed by atoms with Gasteiger partial charge < -0.3 is 20.0 Å². The monoisotopic (exact) mass is 592 g/mol. The molecule has 0 atom stereocenters. The molecule has 0 aromatic carbocycles. The van der Waals surface area contributed by atoms with Crippen LogP contribution in [0.1, 0.15) is 24.3 Å². The molecule has 212 valence electrons. The lowest BCUT2D eigenvalue weighted by molar-refractivity contribution is 0.144. The third-order valence-corrected chi connectivity index (χ3v) is 9.75. The highest BCUT2D eigenvalue weighted by Gasteiger charge is 2.47. The standard InChI is InChI=1S/C23H26F2N10O3S2/c24-18(25)21-30-29-20(39-21)17-12-28-19-16(11-15(13-35(17)19)40(37,38)31-23(14-26)1-2-23)32-7-9-34(10-8-32)22(36)33-5-3-27-4-6-33/h11-13,18,27,31H,1-10H2. The number of nitrogens with one attached hydrogen (secondary N) is 2. The van der Waals surface area contributed by atoms with E-state index in [1.165, 1.54) is 22.9 Å². The second-order valence-corrected chi connectivity index (χ2v) is 12.6. The van der Waals surface area contributed by atoms with Crippen molar-refractivity contribution < 1.29 is 22.0 Å². The number of sulfonamides is 1. The Bertz CT molecular complexity index is 1580. The summed E-state index contributed by atoms with van der Waals surface area (Å²) in [6.07, 6.45) is 0.837. The molecule has 13 nitrogen and oxygen atoms in total. The second-order valence-electron chi connectivity index (χ2n) is 9.94. The Morgan fingerprint density at radius 1 is 1.12 bits per heavy atom. The molecular weight excluding hydrogens is 566 g/mol. The van der Waals surface area contributed by atoms with Crippen LogP contribution in [0.3, 0.4) is 0 Å². The van der Waals surface area contributed by atoms with E-state index in [9.17, 15) is 27.3 Å². The van der Waals surface area contributed by atoms with Crippen molar-refractivity contribution in [2.45, 2.75) is 29.7 Å². The van der Waals surface area contributed by atoms with E-state index in [-0.39, 0.29) is 15.9 Å². The number of fused-ring (bicyclic) bond motifs is 1. The van der Waals surface area contributed by atoms with E-state index in [2.05, 4.69) is 25.2 Å². The molecule has 3 fully saturated rings. The Hall–Kier alpha value is -3.46. The first-order chi connectivity index (χ1) is 19.2. The van der Waals surface area contributed by atoms with Gasteiger partial charge in [-0.25, -0.2) is 27.0 Å². The first-order valence-electron chi connectivity index (χ1n) is 12.8. The number of hydrogen-bond acceptors (Lipinski definition) is 10. The summed E-state index contributed by atoms with van der Waals surface area (Å²) in [6.45, 7) is 4.53. The fraction of sp³-hybridized carbons (Fsp3) is 0.522. The van der Waals surface area contributed by atoms with Gasteiger partial charge in [-0.2, -0.15) is 9.98 Å². The first kappa shape index (κ1) is 26.7. The summed E-state index contributed by atoms with van der Waals surface area (Å²) >= 11 is 0.701. The number of imidazole rings is 1. The molecule has 0 radical (unpaired) electrons. The van der Waals surface area contributed by atoms with Gasteiger partial charge in [-0.15, -0.1) is 10.2 Å². The molecule has 40 heavy (non-hydrogen) atoms. The number of piperazine rings is 2. The number of carbonyl (C=O) groups is 1. The van der Waals surface area contributed by atoms with Crippen LogP contribution in [0.2, 0.25) is 0 Å². The Morgan fingerprint density at radius 2 is 1.82 bits per heavy atom. The van der Waals surface area contributed by atoms with Gasteiger partial charge in [-0.1, -0.05) is 11.3 Å². The third-order valence-electron chi connectivity index (χ3n) is 7.29. The predicted octanol–water partition coefficient (Wildman–Crippen LogP) is 1.27. The molecule has 0 bridgehead atoms. The lowest BCUT2D eigenvalue weighted by Gasteiger charge is -2.39. The highest BCUT2D eigenvalue weighted by molar-refractivity contribution is 7.89. The summed E-state index contributed by atoms with van der Waals surface area (Å²) < 4.78 is 57.2. The van der Waals surface area contributed by atoms with E-state index in [0.29, 0.717) is 80.5 Å². The molecule has 6 rings (SSSR count). The molecule has 2 N–H and O–H groups in total. The number of urea groups is 1. The van der Waals surface area contributed by atoms with Gasteiger partial charge in [0, 0.05) is 58.6 Å². The fourth-order valence-corrected chi connectivity index (χ4v) is 6.98. The molecule has 2 aliphatic heterocycles. The summed E-state index contributed by atoms with van der Waals surface area (Å²) in [6, 6.07) is 3.51. The van der Waals surface area contributed by atoms with Crippen LogP contribution in [0.15, 0.2) is 23.4 Å². The molecular formula is C23H26F2N10O3S2. The van der Waals surface area contributed by atoms with Crippen molar-refractivity contribution >= 4 is 38.7 Å². The van der Waals surface area contributed by atoms with Crippen molar-refractivity contribution in [3.05, 3.63) is 23.5 Å². The molecule has 0 unspecified atom stereocenters. The number of hydrogen-bond donors (Lipinski definition) is 2. The van der Waals surface area contributed by atoms with E-state index < -0.39 is 27.0 Å². The average Bonchev–Trinajstić information content (AvgIpc) is 3.34. The molecule has 3 aromatic heterocycles. The zero-order chi connectivity index (χ0) is 28.1. The average molecular weight is 593 g/mol. The number of carbonyl (C=O) groups excluding carboxylic acids is 1. The lowest BCUT2D eigenvalue weighted by Crippen LogP contribution is -2.56. The maximum Gasteiger partial charge on any atom is 0.320 e. The van der Waals surface area contributed by atoms with Gasteiger partial charge in [0.1, 0.15) is 16.1 Å². The molecule has 3 aromatic rings. The number of rotatable bonds is 6. The number of anilines is 1. The maximum absolute atomic E-state index is 13.4. The van der Waals surface area contributed by atoms with E-state index in [1.807, 2.05) is 15.9 Å². The zero-order valence-corrected chi connectivity index (χ0v) is 22.9. The van der Waals surface area contributed by atoms with Gasteiger partial charge in [0.25, 0.3) is 6.43 Å². The minimum absolute atomic E-state index is 0.0211. The number of pyridine rings is 1. The van der Waals surface area contributed by atoms with Crippen LogP contribution in [-0.4, -0.2) is 102 Å². The number of amides is 2. The molecule has 0 spiro atoms. The van der Waals surface area contributed by atoms with Crippen LogP contribution in [0.25, 0.3) is 16.3 Å². The smallest absolute Gasteiger partial charge is 0.320 e. The minimum atomic E-state index is -4.12. The van der Waals surface area contributed by atoms with Crippen molar-refractivity contribution in [2.75, 3.05) is 57.3 Å². The molecule has 1 saturated carbocycles. The van der Waals surface area contributed by atoms with Crippen LogP contribution >= 0.6 is 11.3 Å². The largest absolute Gasteiger partial charge is 0.365 e. The highest BCUT2D eigenvalue weighted by atomic mass is 32.2. The number of nitriles is 1. The van der Waals surface area contributed by atoms with E-state index in [1.54, 1.807) is 4.90 Å². The van der Waals surface area contributed by atoms with Gasteiger partial charge in [0.05, 0.1) is 18.0 Å². The topological polar surface area (TPSA) is 152 Å². The van der Waals surface area contributed by atoms with Crippen LogP contribution in [0.4, 0.5) is 19.3 Å². The maximum atomic E-state index is 13.4. The SMILES string of the molecule is N#CC1(NS(=O)(=O)c2cc(N3CCN(C(=O)N4CCNCC4)CC3)c3ncc(-c4nnc(C(F)F)s4)n3c2)CC1. The zero-order valence-electron chi connectivity index (χ0n) is 21.3. The fourth-order valence-electron chi connectivity index (χ4n) is 4.88. The van der Waals surface area contributed by atoms with Crippen molar-refractivity contribution in [1.82, 2.24) is 39.4 Å². The van der Waals surface area contributed by atoms with Gasteiger partial charge in [0.15, 0.2) is 15.7 Å². The van der Waals surface area contributed by atoms with Gasteiger partial charge in [0.2, 0.25) is 10.0 Å². The Morgan fingerprint density at radius 3 is 2.45 bits per heavy atom. The molecule has 2 saturated heterocycles. The highest BCUT2D eigenvalue weighted by Crippen LogP contribution is 2.37. The van der Waals surface area contributed by atoms with Crippen molar-refractivity contribution in [3.8, 4) is 16.8 Å². The number of aromatic nitrogens is 4. The summed E-state index contributed by atoms with van der Waals surface area (Å²) in [5, 5.41) is 19.8. The summed E-state index contributed by atoms with van der Waals surface area (Å²) in [4.78, 5) is 22.9. The van der Waals surface area contributed by atoms with Crippen molar-refractivity contribution in [3.63, 3.8) is 0 Å². The van der Waals surface area contributed by atoms with Crippen LogP contribution in [0.5, 0.6) is 0 Å². The predicted molar refractivity (Wildman–Crippen MR) is 141 cm³/mol. The third kappa shape index (κ3) is 4.96. The van der Waals surface area contributed by atoms with E-state index >= 15 is 0 Å². The summed E-state index contributed by atoms with van der Waals surface area (Å²) in [5.74, 6) is 0. The molecule has 17 heteroatoms. The quantitative estimate of drug-likeness (QED) is 0.431. The molecule has 3 aliphatic rings. The van der Waals surface area contributed by atoms with Crippen LogP contribution < -0.4 is 14.9 Å². The van der Waals surface area contributed by atoms with Crippen molar-refractivity contribution in [2.24, 2.45) is 0 Å². The molecule has 5 heterocycles. The van der Waals surface area contributed by atoms with Gasteiger partial charge in [-0.3, -0.25) is 4.40 Å². The normalized spacial score (nSPS) is 19.3. The Labute approximate surface area is 232 Å². The molecule has 1 aliphatic carbocycles. The van der Waals surface area contributed by atoms with E-state index in [0.717, 1.165) is 13.1 Å². The number of nitrogens with zero attached hydrogens (tertiary/aromatic N) is 8. The second kappa shape index (κ2) is 10.2. The van der Waals surface area contributed by atoms with Gasteiger partial charge in [-0.05, 0) is 18.9 Å². The minimum Gasteiger partial charge on any atom is -0.365 e. The Balaban J connectivity index is 1.35. The summed E-state index contributed by atoms with van der Waals surface area (Å²) in [7, 11) is -4.12. The number of alkyl halides is 2. The summed E-state index contributed by atoms with van der Waals surface area (Å²) in [5.41, 5.74) is 0.0917.